The molecule has 2 aromatic carbocycles. The summed E-state index contributed by atoms with van der Waals surface area (Å²) in [5.41, 5.74) is 0. The number of hydrogen-bond acceptors (Lipinski definition) is 1. The molecule has 0 saturated heterocycles. The molecule has 0 spiro atoms. The van der Waals surface area contributed by atoms with Gasteiger partial charge in [-0.05, 0) is 22.7 Å². The largest absolute Gasteiger partial charge is 0.336 e. The van der Waals surface area contributed by atoms with Crippen LogP contribution in [0.5, 0.6) is 0 Å². The van der Waals surface area contributed by atoms with Crippen LogP contribution in [0.25, 0.3) is 0 Å². The smallest absolute Gasteiger partial charge is 0.244 e. The van der Waals surface area contributed by atoms with Gasteiger partial charge in [-0.1, -0.05) is 155 Å². The van der Waals surface area contributed by atoms with Crippen LogP contribution in [0.15, 0.2) is 60.7 Å². The van der Waals surface area contributed by atoms with Crippen LogP contribution >= 0.6 is 7.80 Å². The van der Waals surface area contributed by atoms with Crippen molar-refractivity contribution in [3.8, 4) is 0 Å². The number of hydrogen-bond donors (Lipinski definition) is 0. The fourth-order valence-electron chi connectivity index (χ4n) is 7.86. The molecule has 2 aromatic rings. The summed E-state index contributed by atoms with van der Waals surface area (Å²) in [4.78, 5) is 3.03. The van der Waals surface area contributed by atoms with Crippen molar-refractivity contribution in [3.63, 3.8) is 0 Å². The second-order valence-corrected chi connectivity index (χ2v) is 57.1. The van der Waals surface area contributed by atoms with E-state index in [-0.39, 0.29) is 0 Å². The highest BCUT2D eigenvalue weighted by Crippen LogP contribution is 2.52. The van der Waals surface area contributed by atoms with Crippen molar-refractivity contribution < 1.29 is 0 Å². The maximum atomic E-state index is 3.03. The van der Waals surface area contributed by atoms with Gasteiger partial charge >= 0.3 is 0 Å². The van der Waals surface area contributed by atoms with Gasteiger partial charge < -0.3 is 4.81 Å². The van der Waals surface area contributed by atoms with Crippen LogP contribution in [0.3, 0.4) is 0 Å². The second-order valence-electron chi connectivity index (χ2n) is 13.6. The second kappa shape index (κ2) is 11.0. The van der Waals surface area contributed by atoms with Gasteiger partial charge in [0.25, 0.3) is 0 Å². The Morgan fingerprint density at radius 2 is 0.853 bits per heavy atom. The first-order chi connectivity index (χ1) is 15.5. The van der Waals surface area contributed by atoms with Crippen LogP contribution in [0.2, 0.25) is 58.9 Å². The quantitative estimate of drug-likeness (QED) is 0.221. The van der Waals surface area contributed by atoms with Crippen molar-refractivity contribution in [3.05, 3.63) is 60.7 Å². The van der Waals surface area contributed by atoms with Crippen LogP contribution in [0.1, 0.15) is 27.7 Å². The van der Waals surface area contributed by atoms with Crippen molar-refractivity contribution >= 4 is 53.8 Å². The van der Waals surface area contributed by atoms with Crippen LogP contribution < -0.4 is 10.6 Å². The Labute approximate surface area is 217 Å². The summed E-state index contributed by atoms with van der Waals surface area (Å²) in [6, 6.07) is 24.4. The molecule has 1 nitrogen and oxygen atoms in total. The molecule has 0 atom stereocenters. The zero-order chi connectivity index (χ0) is 26.1. The van der Waals surface area contributed by atoms with Crippen molar-refractivity contribution in [2.75, 3.05) is 0 Å². The Balaban J connectivity index is 3.16. The van der Waals surface area contributed by atoms with Gasteiger partial charge in [-0.25, -0.2) is 0 Å². The predicted octanol–water partition coefficient (Wildman–Crippen LogP) is 7.50. The molecule has 0 aliphatic carbocycles. The van der Waals surface area contributed by atoms with Crippen molar-refractivity contribution in [1.29, 1.82) is 0 Å². The van der Waals surface area contributed by atoms with E-state index in [0.717, 1.165) is 0 Å². The summed E-state index contributed by atoms with van der Waals surface area (Å²) in [5, 5.41) is 3.15. The van der Waals surface area contributed by atoms with E-state index in [9.17, 15) is 0 Å². The highest BCUT2D eigenvalue weighted by Gasteiger charge is 2.69. The summed E-state index contributed by atoms with van der Waals surface area (Å²) in [6.45, 7) is 33.0. The fraction of sp³-hybridized carbons (Fsp3) is 0.556. The van der Waals surface area contributed by atoms with Crippen molar-refractivity contribution in [2.45, 2.75) is 98.7 Å². The molecular formula is C27H51BNPSi4. The third kappa shape index (κ3) is 5.68. The molecule has 0 bridgehead atoms. The fourth-order valence-corrected chi connectivity index (χ4v) is 126. The minimum Gasteiger partial charge on any atom is -0.336 e. The number of rotatable bonds is 10. The lowest BCUT2D eigenvalue weighted by molar-refractivity contribution is 0.314. The van der Waals surface area contributed by atoms with Gasteiger partial charge in [0.2, 0.25) is 6.16 Å². The normalized spacial score (nSPS) is 13.9. The summed E-state index contributed by atoms with van der Waals surface area (Å²) in [5.74, 6) is 0. The molecule has 7 heteroatoms. The zero-order valence-electron chi connectivity index (χ0n) is 24.4. The first-order valence-electron chi connectivity index (χ1n) is 13.1. The lowest BCUT2D eigenvalue weighted by atomic mass is 10.1. The number of nitrogens with zero attached hydrogens (tertiary/aromatic N) is 1. The van der Waals surface area contributed by atoms with E-state index in [1.807, 2.05) is 0 Å². The molecule has 0 fully saturated rings. The van der Waals surface area contributed by atoms with E-state index in [2.05, 4.69) is 152 Å². The predicted molar refractivity (Wildman–Crippen MR) is 173 cm³/mol. The Morgan fingerprint density at radius 1 is 0.559 bits per heavy atom. The molecule has 0 saturated carbocycles. The van der Waals surface area contributed by atoms with Gasteiger partial charge in [0.05, 0.1) is 0 Å². The summed E-state index contributed by atoms with van der Waals surface area (Å²) < 4.78 is 0. The maximum Gasteiger partial charge on any atom is 0.244 e. The van der Waals surface area contributed by atoms with Gasteiger partial charge in [-0.15, -0.1) is 0 Å². The Hall–Kier alpha value is -0.238. The third-order valence-corrected chi connectivity index (χ3v) is 86.7. The molecule has 0 unspecified atom stereocenters. The molecule has 0 N–H and O–H groups in total. The minimum absolute atomic E-state index is 0.508. The van der Waals surface area contributed by atoms with Crippen molar-refractivity contribution in [2.24, 2.45) is 0 Å². The summed E-state index contributed by atoms with van der Waals surface area (Å²) in [7, 11) is -5.06. The first kappa shape index (κ1) is 30.0. The Bertz CT molecular complexity index is 819. The molecule has 0 amide bonds. The van der Waals surface area contributed by atoms with E-state index in [0.29, 0.717) is 18.2 Å². The van der Waals surface area contributed by atoms with Gasteiger partial charge in [0, 0.05) is 29.3 Å². The summed E-state index contributed by atoms with van der Waals surface area (Å²) >= 11 is 0. The van der Waals surface area contributed by atoms with E-state index >= 15 is 0 Å². The van der Waals surface area contributed by atoms with Crippen LogP contribution in [-0.2, 0) is 0 Å². The molecule has 0 heterocycles. The molecule has 0 aromatic heterocycles. The minimum atomic E-state index is -1.78. The van der Waals surface area contributed by atoms with E-state index < -0.39 is 37.1 Å². The van der Waals surface area contributed by atoms with E-state index in [4.69, 9.17) is 0 Å². The van der Waals surface area contributed by atoms with Gasteiger partial charge in [0.1, 0.15) is 0 Å². The topological polar surface area (TPSA) is 3.24 Å². The average Bonchev–Trinajstić information content (AvgIpc) is 2.66. The molecule has 0 aliphatic rings. The molecule has 2 rings (SSSR count). The highest BCUT2D eigenvalue weighted by atomic mass is 31.1. The Morgan fingerprint density at radius 3 is 1.09 bits per heavy atom. The SMILES string of the molecule is CC(C)N(B(P(c1ccccc1)c1ccccc1)[Si]([Si](C)(C)C)([Si](C)(C)C)[Si](C)(C)C)C(C)C. The molecule has 0 aliphatic heterocycles. The average molecular weight is 544 g/mol. The van der Waals surface area contributed by atoms with Crippen LogP contribution in [0.4, 0.5) is 0 Å². The lowest BCUT2D eigenvalue weighted by Gasteiger charge is -2.64. The van der Waals surface area contributed by atoms with Crippen LogP contribution in [0, 0.1) is 0 Å². The van der Waals surface area contributed by atoms with E-state index in [1.54, 1.807) is 10.6 Å². The molecule has 188 valence electrons. The molecule has 0 radical (unpaired) electrons. The Kier molecular flexibility index (Phi) is 9.72. The van der Waals surface area contributed by atoms with E-state index in [1.165, 1.54) is 0 Å². The molecular weight excluding hydrogens is 492 g/mol. The zero-order valence-corrected chi connectivity index (χ0v) is 29.3. The first-order valence-corrected chi connectivity index (χ1v) is 30.1. The third-order valence-electron chi connectivity index (χ3n) is 7.72. The van der Waals surface area contributed by atoms with Gasteiger partial charge in [0.15, 0.2) is 0 Å². The van der Waals surface area contributed by atoms with Crippen molar-refractivity contribution in [1.82, 2.24) is 4.81 Å². The van der Waals surface area contributed by atoms with Crippen LogP contribution in [-0.4, -0.2) is 52.3 Å². The lowest BCUT2D eigenvalue weighted by Crippen LogP contribution is -2.92. The maximum absolute atomic E-state index is 3.03. The monoisotopic (exact) mass is 543 g/mol. The van der Waals surface area contributed by atoms with Gasteiger partial charge in [-0.3, -0.25) is 0 Å². The number of benzene rings is 2. The standard InChI is InChI=1S/C27H51BNPSi4/c1-24(2)29(25(3)4)28(34(31(5,6)7,32(8,9)10)33(11,12)13)30(26-20-16-14-17-21-26)27-22-18-15-19-23-27/h14-25H,1-13H3. The highest BCUT2D eigenvalue weighted by molar-refractivity contribution is 8.24. The van der Waals surface area contributed by atoms with Gasteiger partial charge in [-0.2, -0.15) is 0 Å². The molecule has 34 heavy (non-hydrogen) atoms. The summed E-state index contributed by atoms with van der Waals surface area (Å²) in [6.07, 6.45) is 0.678.